The fourth-order valence-electron chi connectivity index (χ4n) is 2.84. The smallest absolute Gasteiger partial charge is 0.308 e. The Labute approximate surface area is 219 Å². The molecule has 11 heteroatoms. The van der Waals surface area contributed by atoms with Gasteiger partial charge in [0, 0.05) is 24.0 Å². The van der Waals surface area contributed by atoms with Gasteiger partial charge in [-0.15, -0.1) is 24.0 Å². The lowest BCUT2D eigenvalue weighted by Gasteiger charge is -2.19. The van der Waals surface area contributed by atoms with E-state index in [9.17, 15) is 9.18 Å². The van der Waals surface area contributed by atoms with Crippen molar-refractivity contribution in [3.8, 4) is 11.3 Å². The summed E-state index contributed by atoms with van der Waals surface area (Å²) in [4.78, 5) is 23.0. The first-order chi connectivity index (χ1) is 14.4. The Bertz CT molecular complexity index is 1080. The second-order valence-electron chi connectivity index (χ2n) is 5.82. The molecular weight excluding hydrogens is 671 g/mol. The highest BCUT2D eigenvalue weighted by Gasteiger charge is 2.15. The first kappa shape index (κ1) is 29.8. The third-order valence-corrected chi connectivity index (χ3v) is 4.38. The van der Waals surface area contributed by atoms with Gasteiger partial charge >= 0.3 is 11.6 Å². The normalized spacial score (nSPS) is 10.4. The summed E-state index contributed by atoms with van der Waals surface area (Å²) < 4.78 is 32.0. The number of hydrogen-bond acceptors (Lipinski definition) is 5. The summed E-state index contributed by atoms with van der Waals surface area (Å²) >= 11 is 7.15. The van der Waals surface area contributed by atoms with Crippen LogP contribution in [-0.4, -0.2) is 27.9 Å². The molecular formula is C20H21ClFI2N3O3S. The number of nitrogens with zero attached hydrogens (tertiary/aromatic N) is 3. The molecule has 3 aromatic rings. The first-order valence-electron chi connectivity index (χ1n) is 8.68. The largest absolute Gasteiger partial charge is 0.335 e. The van der Waals surface area contributed by atoms with E-state index < -0.39 is 17.4 Å². The summed E-state index contributed by atoms with van der Waals surface area (Å²) in [6.45, 7) is 3.75. The van der Waals surface area contributed by atoms with Crippen LogP contribution >= 0.6 is 58.2 Å². The van der Waals surface area contributed by atoms with E-state index in [-0.39, 0.29) is 40.6 Å². The third kappa shape index (κ3) is 8.66. The Morgan fingerprint density at radius 2 is 1.84 bits per heavy atom. The minimum atomic E-state index is -0.750. The second kappa shape index (κ2) is 15.5. The van der Waals surface area contributed by atoms with Crippen molar-refractivity contribution in [3.63, 3.8) is 0 Å². The predicted molar refractivity (Wildman–Crippen MR) is 141 cm³/mol. The fraction of sp³-hybridized carbons (Fsp3) is 0.250. The molecule has 0 saturated carbocycles. The number of alkyl halides is 1. The maximum atomic E-state index is 13.8. The molecule has 0 N–H and O–H groups in total. The quantitative estimate of drug-likeness (QED) is 0.270. The van der Waals surface area contributed by atoms with Crippen molar-refractivity contribution in [2.24, 2.45) is 0 Å². The molecule has 0 unspecified atom stereocenters. The number of pyridine rings is 1. The molecule has 0 bridgehead atoms. The minimum Gasteiger partial charge on any atom is -0.308 e. The molecule has 0 amide bonds. The molecule has 2 heterocycles. The summed E-state index contributed by atoms with van der Waals surface area (Å²) in [6, 6.07) is 9.50. The molecule has 2 aromatic heterocycles. The van der Waals surface area contributed by atoms with Crippen molar-refractivity contribution in [2.75, 3.05) is 4.93 Å². The van der Waals surface area contributed by atoms with Crippen molar-refractivity contribution >= 4 is 69.7 Å². The van der Waals surface area contributed by atoms with Crippen molar-refractivity contribution in [1.82, 2.24) is 14.5 Å². The van der Waals surface area contributed by atoms with Gasteiger partial charge in [-0.2, -0.15) is 8.42 Å². The molecule has 3 rings (SSSR count). The average Bonchev–Trinajstić information content (AvgIpc) is 2.74. The van der Waals surface area contributed by atoms with E-state index in [1.165, 1.54) is 18.2 Å². The van der Waals surface area contributed by atoms with E-state index in [0.29, 0.717) is 23.5 Å². The van der Waals surface area contributed by atoms with Crippen molar-refractivity contribution in [3.05, 3.63) is 81.4 Å². The molecule has 0 aliphatic heterocycles. The van der Waals surface area contributed by atoms with E-state index in [2.05, 4.69) is 32.6 Å². The highest BCUT2D eigenvalue weighted by molar-refractivity contribution is 14.1. The van der Waals surface area contributed by atoms with Crippen LogP contribution in [0.3, 0.4) is 0 Å². The molecule has 6 nitrogen and oxygen atoms in total. The van der Waals surface area contributed by atoms with Gasteiger partial charge in [-0.1, -0.05) is 47.2 Å². The molecule has 0 radical (unpaired) electrons. The van der Waals surface area contributed by atoms with Crippen LogP contribution in [0.5, 0.6) is 0 Å². The van der Waals surface area contributed by atoms with Gasteiger partial charge in [0.2, 0.25) is 0 Å². The molecule has 1 atom stereocenters. The topological polar surface area (TPSA) is 81.9 Å². The van der Waals surface area contributed by atoms with Gasteiger partial charge in [-0.3, -0.25) is 4.79 Å². The van der Waals surface area contributed by atoms with Crippen molar-refractivity contribution in [2.45, 2.75) is 26.3 Å². The van der Waals surface area contributed by atoms with Gasteiger partial charge in [0.15, 0.2) is 0 Å². The molecule has 1 aromatic carbocycles. The van der Waals surface area contributed by atoms with Gasteiger partial charge in [0.1, 0.15) is 11.6 Å². The summed E-state index contributed by atoms with van der Waals surface area (Å²) in [6.07, 6.45) is 4.03. The van der Waals surface area contributed by atoms with E-state index in [1.807, 2.05) is 17.9 Å². The maximum Gasteiger partial charge on any atom is 0.335 e. The number of aromatic nitrogens is 3. The Balaban J connectivity index is 0.00000138. The van der Waals surface area contributed by atoms with E-state index in [4.69, 9.17) is 20.0 Å². The zero-order valence-corrected chi connectivity index (χ0v) is 23.0. The molecule has 0 spiro atoms. The Hall–Kier alpha value is -1.25. The summed E-state index contributed by atoms with van der Waals surface area (Å²) in [7, 11) is 0. The molecule has 0 aliphatic rings. The second-order valence-corrected chi connectivity index (χ2v) is 6.36. The SMILES string of the molecule is CC[C@H](c1ccc(Cl)c(F)c1)n1ccc(-c2ccnc(C)n2)cc1=O.CI.I.O=S=O. The molecule has 0 aliphatic carbocycles. The highest BCUT2D eigenvalue weighted by Crippen LogP contribution is 2.25. The lowest BCUT2D eigenvalue weighted by molar-refractivity contribution is 0.541. The van der Waals surface area contributed by atoms with Crippen LogP contribution in [0.15, 0.2) is 53.6 Å². The zero-order chi connectivity index (χ0) is 22.7. The Morgan fingerprint density at radius 1 is 1.19 bits per heavy atom. The summed E-state index contributed by atoms with van der Waals surface area (Å²) in [5.74, 6) is 0.156. The minimum absolute atomic E-state index is 0. The van der Waals surface area contributed by atoms with E-state index >= 15 is 0 Å². The monoisotopic (exact) mass is 691 g/mol. The molecule has 0 fully saturated rings. The summed E-state index contributed by atoms with van der Waals surface area (Å²) in [5.41, 5.74) is 1.96. The third-order valence-electron chi connectivity index (χ3n) is 4.07. The number of halogens is 4. The average molecular weight is 692 g/mol. The number of benzene rings is 1. The maximum absolute atomic E-state index is 13.8. The Morgan fingerprint density at radius 3 is 2.35 bits per heavy atom. The van der Waals surface area contributed by atoms with Crippen LogP contribution in [0, 0.1) is 12.7 Å². The lowest BCUT2D eigenvalue weighted by Crippen LogP contribution is -2.24. The lowest BCUT2D eigenvalue weighted by atomic mass is 10.0. The number of aryl methyl sites for hydroxylation is 1. The molecule has 31 heavy (non-hydrogen) atoms. The van der Waals surface area contributed by atoms with Crippen LogP contribution in [0.25, 0.3) is 11.3 Å². The van der Waals surface area contributed by atoms with Gasteiger partial charge < -0.3 is 4.57 Å². The predicted octanol–water partition coefficient (Wildman–Crippen LogP) is 5.40. The van der Waals surface area contributed by atoms with Crippen LogP contribution in [0.1, 0.15) is 30.8 Å². The van der Waals surface area contributed by atoms with Gasteiger partial charge in [0.25, 0.3) is 5.56 Å². The zero-order valence-electron chi connectivity index (χ0n) is 16.9. The van der Waals surface area contributed by atoms with Crippen LogP contribution in [0.2, 0.25) is 5.02 Å². The van der Waals surface area contributed by atoms with Crippen molar-refractivity contribution in [1.29, 1.82) is 0 Å². The molecule has 0 saturated heterocycles. The van der Waals surface area contributed by atoms with Gasteiger partial charge in [0.05, 0.1) is 16.8 Å². The van der Waals surface area contributed by atoms with Gasteiger partial charge in [-0.05, 0) is 48.1 Å². The Kier molecular flexibility index (Phi) is 14.9. The first-order valence-corrected chi connectivity index (χ1v) is 11.9. The number of rotatable bonds is 4. The standard InChI is InChI=1S/C19H17ClFN3O.CH3I.HI.O2S/c1-3-18(14-4-5-15(20)16(21)10-14)24-9-7-13(11-19(24)25)17-6-8-22-12(2)23-17;1-2;;1-3-2/h4-11,18H,3H2,1-2H3;1H3;1H;/t18-;;;/m1.../s1. The highest BCUT2D eigenvalue weighted by atomic mass is 127. The van der Waals surface area contributed by atoms with Crippen LogP contribution in [0.4, 0.5) is 4.39 Å². The van der Waals surface area contributed by atoms with Crippen LogP contribution < -0.4 is 5.56 Å². The summed E-state index contributed by atoms with van der Waals surface area (Å²) in [5, 5.41) is 0.0698. The molecule has 168 valence electrons. The van der Waals surface area contributed by atoms with E-state index in [1.54, 1.807) is 36.0 Å². The fourth-order valence-corrected chi connectivity index (χ4v) is 2.95. The van der Waals surface area contributed by atoms with Crippen LogP contribution in [-0.2, 0) is 11.6 Å². The van der Waals surface area contributed by atoms with Gasteiger partial charge in [-0.25, -0.2) is 14.4 Å². The number of hydrogen-bond donors (Lipinski definition) is 0. The van der Waals surface area contributed by atoms with Crippen molar-refractivity contribution < 1.29 is 12.8 Å². The van der Waals surface area contributed by atoms with E-state index in [0.717, 1.165) is 5.56 Å².